The highest BCUT2D eigenvalue weighted by Crippen LogP contribution is 2.29. The fourth-order valence-corrected chi connectivity index (χ4v) is 2.29. The topological polar surface area (TPSA) is 66.4 Å². The van der Waals surface area contributed by atoms with Crippen LogP contribution in [0.4, 0.5) is 13.2 Å². The maximum absolute atomic E-state index is 12.5. The highest BCUT2D eigenvalue weighted by molar-refractivity contribution is 5.85. The van der Waals surface area contributed by atoms with E-state index < -0.39 is 29.7 Å². The van der Waals surface area contributed by atoms with Crippen molar-refractivity contribution in [2.24, 2.45) is 0 Å². The first-order valence-electron chi connectivity index (χ1n) is 7.48. The monoisotopic (exact) mass is 351 g/mol. The number of carbonyl (C=O) groups is 2. The van der Waals surface area contributed by atoms with Crippen LogP contribution in [0.3, 0.4) is 0 Å². The Bertz CT molecular complexity index is 727. The molecule has 0 heterocycles. The van der Waals surface area contributed by atoms with Gasteiger partial charge in [0, 0.05) is 6.42 Å². The standard InChI is InChI=1S/C18H16F3NO3/c19-18(20,21)14-8-6-13(7-9-14)10-15(17(24)25)22-16(23)11-12-4-2-1-3-5-12/h1-9,15H,10-11H2,(H,22,23)(H,24,25)/t15-/m1/s1. The summed E-state index contributed by atoms with van der Waals surface area (Å²) in [6.07, 6.45) is -4.53. The molecular weight excluding hydrogens is 335 g/mol. The van der Waals surface area contributed by atoms with Gasteiger partial charge in [-0.3, -0.25) is 4.79 Å². The molecular formula is C18H16F3NO3. The first kappa shape index (κ1) is 18.5. The zero-order chi connectivity index (χ0) is 18.4. The van der Waals surface area contributed by atoms with Gasteiger partial charge >= 0.3 is 12.1 Å². The molecule has 0 radical (unpaired) electrons. The molecule has 0 spiro atoms. The van der Waals surface area contributed by atoms with Crippen LogP contribution in [0, 0.1) is 0 Å². The van der Waals surface area contributed by atoms with E-state index in [9.17, 15) is 27.9 Å². The lowest BCUT2D eigenvalue weighted by Crippen LogP contribution is -2.43. The summed E-state index contributed by atoms with van der Waals surface area (Å²) in [5.74, 6) is -1.72. The largest absolute Gasteiger partial charge is 0.480 e. The Labute approximate surface area is 142 Å². The van der Waals surface area contributed by atoms with Crippen molar-refractivity contribution in [1.82, 2.24) is 5.32 Å². The molecule has 0 fully saturated rings. The van der Waals surface area contributed by atoms with Gasteiger partial charge in [-0.2, -0.15) is 13.2 Å². The van der Waals surface area contributed by atoms with E-state index in [2.05, 4.69) is 5.32 Å². The number of hydrogen-bond donors (Lipinski definition) is 2. The molecule has 0 aromatic heterocycles. The molecule has 2 aromatic carbocycles. The molecule has 2 aromatic rings. The van der Waals surface area contributed by atoms with Crippen molar-refractivity contribution in [1.29, 1.82) is 0 Å². The lowest BCUT2D eigenvalue weighted by molar-refractivity contribution is -0.141. The minimum Gasteiger partial charge on any atom is -0.480 e. The van der Waals surface area contributed by atoms with Gasteiger partial charge in [0.15, 0.2) is 0 Å². The van der Waals surface area contributed by atoms with Crippen molar-refractivity contribution < 1.29 is 27.9 Å². The number of carboxylic acid groups (broad SMARTS) is 1. The Balaban J connectivity index is 2.01. The molecule has 0 saturated carbocycles. The van der Waals surface area contributed by atoms with E-state index in [4.69, 9.17) is 0 Å². The molecule has 0 aliphatic rings. The minimum absolute atomic E-state index is 0.0254. The molecule has 1 amide bonds. The summed E-state index contributed by atoms with van der Waals surface area (Å²) >= 11 is 0. The number of aliphatic carboxylic acids is 1. The smallest absolute Gasteiger partial charge is 0.416 e. The van der Waals surface area contributed by atoms with Crippen LogP contribution in [0.15, 0.2) is 54.6 Å². The Kier molecular flexibility index (Phi) is 5.80. The van der Waals surface area contributed by atoms with Crippen LogP contribution in [0.1, 0.15) is 16.7 Å². The van der Waals surface area contributed by atoms with Crippen LogP contribution < -0.4 is 5.32 Å². The van der Waals surface area contributed by atoms with Gasteiger partial charge in [-0.15, -0.1) is 0 Å². The van der Waals surface area contributed by atoms with Gasteiger partial charge in [0.25, 0.3) is 0 Å². The van der Waals surface area contributed by atoms with E-state index in [1.54, 1.807) is 30.3 Å². The molecule has 0 aliphatic carbocycles. The number of carbonyl (C=O) groups excluding carboxylic acids is 1. The van der Waals surface area contributed by atoms with Crippen molar-refractivity contribution in [2.75, 3.05) is 0 Å². The van der Waals surface area contributed by atoms with Crippen LogP contribution >= 0.6 is 0 Å². The highest BCUT2D eigenvalue weighted by atomic mass is 19.4. The third-order valence-electron chi connectivity index (χ3n) is 3.56. The average Bonchev–Trinajstić information content (AvgIpc) is 2.54. The quantitative estimate of drug-likeness (QED) is 0.841. The van der Waals surface area contributed by atoms with Gasteiger partial charge < -0.3 is 10.4 Å². The third-order valence-corrected chi connectivity index (χ3v) is 3.56. The van der Waals surface area contributed by atoms with Crippen LogP contribution in [0.5, 0.6) is 0 Å². The summed E-state index contributed by atoms with van der Waals surface area (Å²) in [6, 6.07) is 11.8. The van der Waals surface area contributed by atoms with E-state index in [1.165, 1.54) is 12.1 Å². The van der Waals surface area contributed by atoms with Crippen LogP contribution in [-0.4, -0.2) is 23.0 Å². The van der Waals surface area contributed by atoms with Gasteiger partial charge in [0.2, 0.25) is 5.91 Å². The molecule has 7 heteroatoms. The number of benzene rings is 2. The van der Waals surface area contributed by atoms with Gasteiger partial charge in [-0.25, -0.2) is 4.79 Å². The molecule has 1 atom stereocenters. The average molecular weight is 351 g/mol. The second kappa shape index (κ2) is 7.83. The van der Waals surface area contributed by atoms with Gasteiger partial charge in [0.1, 0.15) is 6.04 Å². The van der Waals surface area contributed by atoms with E-state index in [1.807, 2.05) is 0 Å². The van der Waals surface area contributed by atoms with Crippen molar-refractivity contribution >= 4 is 11.9 Å². The predicted octanol–water partition coefficient (Wildman–Crippen LogP) is 3.06. The minimum atomic E-state index is -4.45. The number of hydrogen-bond acceptors (Lipinski definition) is 2. The number of carboxylic acids is 1. The van der Waals surface area contributed by atoms with E-state index in [0.29, 0.717) is 5.56 Å². The van der Waals surface area contributed by atoms with E-state index in [-0.39, 0.29) is 12.8 Å². The molecule has 2 N–H and O–H groups in total. The van der Waals surface area contributed by atoms with Crippen molar-refractivity contribution in [2.45, 2.75) is 25.1 Å². The van der Waals surface area contributed by atoms with Crippen molar-refractivity contribution in [3.05, 3.63) is 71.3 Å². The summed E-state index contributed by atoms with van der Waals surface area (Å²) in [7, 11) is 0. The Morgan fingerprint density at radius 2 is 1.56 bits per heavy atom. The fraction of sp³-hybridized carbons (Fsp3) is 0.222. The Hall–Kier alpha value is -2.83. The first-order chi connectivity index (χ1) is 11.8. The number of alkyl halides is 3. The highest BCUT2D eigenvalue weighted by Gasteiger charge is 2.30. The Morgan fingerprint density at radius 1 is 0.960 bits per heavy atom. The summed E-state index contributed by atoms with van der Waals surface area (Å²) in [5.41, 5.74) is 0.315. The van der Waals surface area contributed by atoms with E-state index in [0.717, 1.165) is 17.7 Å². The second-order valence-electron chi connectivity index (χ2n) is 5.52. The second-order valence-corrected chi connectivity index (χ2v) is 5.52. The molecule has 0 bridgehead atoms. The summed E-state index contributed by atoms with van der Waals surface area (Å²) in [5, 5.41) is 11.6. The molecule has 0 aliphatic heterocycles. The summed E-state index contributed by atoms with van der Waals surface area (Å²) in [6.45, 7) is 0. The zero-order valence-corrected chi connectivity index (χ0v) is 13.1. The number of halogens is 3. The maximum atomic E-state index is 12.5. The van der Waals surface area contributed by atoms with Crippen molar-refractivity contribution in [3.8, 4) is 0 Å². The molecule has 25 heavy (non-hydrogen) atoms. The number of nitrogens with one attached hydrogen (secondary N) is 1. The SMILES string of the molecule is O=C(Cc1ccccc1)N[C@H](Cc1ccc(C(F)(F)F)cc1)C(=O)O. The lowest BCUT2D eigenvalue weighted by atomic mass is 10.0. The van der Waals surface area contributed by atoms with Gasteiger partial charge in [-0.1, -0.05) is 42.5 Å². The molecule has 132 valence electrons. The first-order valence-corrected chi connectivity index (χ1v) is 7.48. The number of amides is 1. The maximum Gasteiger partial charge on any atom is 0.416 e. The summed E-state index contributed by atoms with van der Waals surface area (Å²) < 4.78 is 37.6. The van der Waals surface area contributed by atoms with Crippen LogP contribution in [0.2, 0.25) is 0 Å². The fourth-order valence-electron chi connectivity index (χ4n) is 2.29. The third kappa shape index (κ3) is 5.63. The molecule has 4 nitrogen and oxygen atoms in total. The molecule has 2 rings (SSSR count). The number of rotatable bonds is 6. The van der Waals surface area contributed by atoms with E-state index >= 15 is 0 Å². The normalized spacial score (nSPS) is 12.4. The van der Waals surface area contributed by atoms with Gasteiger partial charge in [-0.05, 0) is 23.3 Å². The van der Waals surface area contributed by atoms with Crippen molar-refractivity contribution in [3.63, 3.8) is 0 Å². The predicted molar refractivity (Wildman–Crippen MR) is 84.9 cm³/mol. The Morgan fingerprint density at radius 3 is 2.08 bits per heavy atom. The van der Waals surface area contributed by atoms with Crippen LogP contribution in [-0.2, 0) is 28.6 Å². The zero-order valence-electron chi connectivity index (χ0n) is 13.1. The van der Waals surface area contributed by atoms with Gasteiger partial charge in [0.05, 0.1) is 12.0 Å². The lowest BCUT2D eigenvalue weighted by Gasteiger charge is -2.15. The molecule has 0 saturated heterocycles. The van der Waals surface area contributed by atoms with Crippen LogP contribution in [0.25, 0.3) is 0 Å². The molecule has 0 unspecified atom stereocenters. The summed E-state index contributed by atoms with van der Waals surface area (Å²) in [4.78, 5) is 23.3.